The maximum Gasteiger partial charge on any atom is 0.182 e. The normalized spacial score (nSPS) is 10.8. The zero-order valence-corrected chi connectivity index (χ0v) is 8.20. The predicted octanol–water partition coefficient (Wildman–Crippen LogP) is 1.80. The number of hydrogen-bond acceptors (Lipinski definition) is 4. The first-order chi connectivity index (χ1) is 7.90. The SMILES string of the molecule is O=Cc1nc(-c2ccco2)n2cccnc12. The summed E-state index contributed by atoms with van der Waals surface area (Å²) in [6, 6.07) is 5.33. The summed E-state index contributed by atoms with van der Waals surface area (Å²) in [6.07, 6.45) is 5.66. The van der Waals surface area contributed by atoms with Crippen molar-refractivity contribution in [3.05, 3.63) is 42.5 Å². The van der Waals surface area contributed by atoms with E-state index in [1.807, 2.05) is 0 Å². The number of hydrogen-bond donors (Lipinski definition) is 0. The second-order valence-corrected chi connectivity index (χ2v) is 3.23. The molecule has 0 atom stereocenters. The summed E-state index contributed by atoms with van der Waals surface area (Å²) in [5.41, 5.74) is 0.843. The van der Waals surface area contributed by atoms with E-state index in [9.17, 15) is 4.79 Å². The lowest BCUT2D eigenvalue weighted by atomic mass is 10.4. The number of aldehydes is 1. The van der Waals surface area contributed by atoms with Gasteiger partial charge in [0.2, 0.25) is 0 Å². The minimum Gasteiger partial charge on any atom is -0.461 e. The van der Waals surface area contributed by atoms with Gasteiger partial charge in [0.15, 0.2) is 23.5 Å². The fourth-order valence-electron chi connectivity index (χ4n) is 1.61. The Morgan fingerprint density at radius 3 is 3.06 bits per heavy atom. The van der Waals surface area contributed by atoms with Crippen molar-refractivity contribution in [1.82, 2.24) is 14.4 Å². The van der Waals surface area contributed by atoms with Gasteiger partial charge < -0.3 is 4.42 Å². The van der Waals surface area contributed by atoms with E-state index < -0.39 is 0 Å². The van der Waals surface area contributed by atoms with Crippen LogP contribution < -0.4 is 0 Å². The monoisotopic (exact) mass is 213 g/mol. The van der Waals surface area contributed by atoms with Crippen LogP contribution >= 0.6 is 0 Å². The largest absolute Gasteiger partial charge is 0.461 e. The molecule has 0 saturated carbocycles. The molecule has 0 fully saturated rings. The number of aromatic nitrogens is 3. The molecule has 5 heteroatoms. The van der Waals surface area contributed by atoms with Crippen LogP contribution in [0.2, 0.25) is 0 Å². The lowest BCUT2D eigenvalue weighted by molar-refractivity contribution is 0.112. The van der Waals surface area contributed by atoms with Crippen LogP contribution in [0.5, 0.6) is 0 Å². The smallest absolute Gasteiger partial charge is 0.182 e. The highest BCUT2D eigenvalue weighted by Gasteiger charge is 2.14. The Labute approximate surface area is 90.4 Å². The standard InChI is InChI=1S/C11H7N3O2/c15-7-8-10-12-4-2-5-14(10)11(13-8)9-3-1-6-16-9/h1-7H. The Morgan fingerprint density at radius 1 is 1.38 bits per heavy atom. The average Bonchev–Trinajstić information content (AvgIpc) is 2.95. The zero-order chi connectivity index (χ0) is 11.0. The highest BCUT2D eigenvalue weighted by atomic mass is 16.3. The molecule has 3 rings (SSSR count). The van der Waals surface area contributed by atoms with Gasteiger partial charge in [-0.15, -0.1) is 0 Å². The molecule has 0 unspecified atom stereocenters. The minimum absolute atomic E-state index is 0.312. The molecular weight excluding hydrogens is 206 g/mol. The Bertz CT molecular complexity index is 640. The Morgan fingerprint density at radius 2 is 2.31 bits per heavy atom. The van der Waals surface area contributed by atoms with E-state index in [2.05, 4.69) is 9.97 Å². The van der Waals surface area contributed by atoms with Gasteiger partial charge in [-0.2, -0.15) is 0 Å². The molecule has 0 bridgehead atoms. The molecule has 16 heavy (non-hydrogen) atoms. The third-order valence-electron chi connectivity index (χ3n) is 2.28. The average molecular weight is 213 g/mol. The second-order valence-electron chi connectivity index (χ2n) is 3.23. The van der Waals surface area contributed by atoms with Crippen LogP contribution in [-0.2, 0) is 0 Å². The van der Waals surface area contributed by atoms with Crippen molar-refractivity contribution in [2.24, 2.45) is 0 Å². The summed E-state index contributed by atoms with van der Waals surface area (Å²) in [6.45, 7) is 0. The molecular formula is C11H7N3O2. The zero-order valence-electron chi connectivity index (χ0n) is 8.20. The van der Waals surface area contributed by atoms with Crippen molar-refractivity contribution < 1.29 is 9.21 Å². The van der Waals surface area contributed by atoms with Gasteiger partial charge in [-0.25, -0.2) is 9.97 Å². The van der Waals surface area contributed by atoms with Crippen LogP contribution in [0.1, 0.15) is 10.5 Å². The first-order valence-electron chi connectivity index (χ1n) is 4.72. The van der Waals surface area contributed by atoms with Gasteiger partial charge in [0.05, 0.1) is 6.26 Å². The topological polar surface area (TPSA) is 60.4 Å². The second kappa shape index (κ2) is 3.30. The molecule has 0 N–H and O–H groups in total. The van der Waals surface area contributed by atoms with Crippen LogP contribution in [0, 0.1) is 0 Å². The summed E-state index contributed by atoms with van der Waals surface area (Å²) in [7, 11) is 0. The number of nitrogens with zero attached hydrogens (tertiary/aromatic N) is 3. The molecule has 78 valence electrons. The maximum absolute atomic E-state index is 10.9. The summed E-state index contributed by atoms with van der Waals surface area (Å²) in [4.78, 5) is 19.2. The van der Waals surface area contributed by atoms with Gasteiger partial charge in [-0.05, 0) is 18.2 Å². The van der Waals surface area contributed by atoms with Crippen LogP contribution in [0.15, 0.2) is 41.3 Å². The Hall–Kier alpha value is -2.43. The molecule has 3 heterocycles. The first-order valence-corrected chi connectivity index (χ1v) is 4.72. The number of imidazole rings is 1. The number of furan rings is 1. The van der Waals surface area contributed by atoms with Gasteiger partial charge in [0.1, 0.15) is 5.69 Å². The summed E-state index contributed by atoms with van der Waals surface area (Å²) >= 11 is 0. The highest BCUT2D eigenvalue weighted by molar-refractivity contribution is 5.83. The summed E-state index contributed by atoms with van der Waals surface area (Å²) in [5.74, 6) is 1.19. The van der Waals surface area contributed by atoms with Gasteiger partial charge >= 0.3 is 0 Å². The van der Waals surface area contributed by atoms with Crippen molar-refractivity contribution in [3.8, 4) is 11.6 Å². The van der Waals surface area contributed by atoms with Crippen LogP contribution in [0.3, 0.4) is 0 Å². The lowest BCUT2D eigenvalue weighted by Crippen LogP contribution is -1.89. The van der Waals surface area contributed by atoms with E-state index in [0.29, 0.717) is 29.2 Å². The third-order valence-corrected chi connectivity index (χ3v) is 2.28. The fraction of sp³-hybridized carbons (Fsp3) is 0. The summed E-state index contributed by atoms with van der Waals surface area (Å²) in [5, 5.41) is 0. The minimum atomic E-state index is 0.312. The molecule has 0 aliphatic carbocycles. The quantitative estimate of drug-likeness (QED) is 0.609. The molecule has 3 aromatic rings. The number of fused-ring (bicyclic) bond motifs is 1. The molecule has 0 aliphatic rings. The number of rotatable bonds is 2. The molecule has 0 aromatic carbocycles. The van der Waals surface area contributed by atoms with E-state index in [-0.39, 0.29) is 0 Å². The molecule has 0 radical (unpaired) electrons. The van der Waals surface area contributed by atoms with Gasteiger partial charge in [0, 0.05) is 12.4 Å². The van der Waals surface area contributed by atoms with Crippen molar-refractivity contribution >= 4 is 11.9 Å². The van der Waals surface area contributed by atoms with Crippen LogP contribution in [-0.4, -0.2) is 20.7 Å². The predicted molar refractivity (Wildman–Crippen MR) is 56.1 cm³/mol. The fourth-order valence-corrected chi connectivity index (χ4v) is 1.61. The van der Waals surface area contributed by atoms with E-state index in [4.69, 9.17) is 4.42 Å². The number of carbonyl (C=O) groups is 1. The maximum atomic E-state index is 10.9. The molecule has 0 spiro atoms. The summed E-state index contributed by atoms with van der Waals surface area (Å²) < 4.78 is 6.98. The Kier molecular flexibility index (Phi) is 1.83. The first kappa shape index (κ1) is 8.84. The van der Waals surface area contributed by atoms with Gasteiger partial charge in [-0.1, -0.05) is 0 Å². The lowest BCUT2D eigenvalue weighted by Gasteiger charge is -1.95. The third kappa shape index (κ3) is 1.15. The molecule has 0 saturated heterocycles. The van der Waals surface area contributed by atoms with E-state index in [0.717, 1.165) is 0 Å². The highest BCUT2D eigenvalue weighted by Crippen LogP contribution is 2.20. The molecule has 5 nitrogen and oxygen atoms in total. The van der Waals surface area contributed by atoms with Crippen molar-refractivity contribution in [1.29, 1.82) is 0 Å². The van der Waals surface area contributed by atoms with Gasteiger partial charge in [0.25, 0.3) is 0 Å². The van der Waals surface area contributed by atoms with Crippen molar-refractivity contribution in [2.75, 3.05) is 0 Å². The van der Waals surface area contributed by atoms with Crippen LogP contribution in [0.4, 0.5) is 0 Å². The number of carbonyl (C=O) groups excluding carboxylic acids is 1. The van der Waals surface area contributed by atoms with E-state index in [1.54, 1.807) is 41.3 Å². The molecule has 3 aromatic heterocycles. The molecule has 0 aliphatic heterocycles. The van der Waals surface area contributed by atoms with E-state index >= 15 is 0 Å². The molecule has 0 amide bonds. The van der Waals surface area contributed by atoms with E-state index in [1.165, 1.54) is 0 Å². The van der Waals surface area contributed by atoms with Crippen LogP contribution in [0.25, 0.3) is 17.2 Å². The Balaban J connectivity index is 2.37. The van der Waals surface area contributed by atoms with Gasteiger partial charge in [-0.3, -0.25) is 9.20 Å². The van der Waals surface area contributed by atoms with Crippen molar-refractivity contribution in [3.63, 3.8) is 0 Å². The van der Waals surface area contributed by atoms with Crippen molar-refractivity contribution in [2.45, 2.75) is 0 Å².